The number of nitrogens with zero attached hydrogens (tertiary/aromatic N) is 3. The van der Waals surface area contributed by atoms with E-state index in [1.165, 1.54) is 12.1 Å². The number of nitro groups is 1. The average molecular weight is 725 g/mol. The third-order valence-electron chi connectivity index (χ3n) is 8.30. The lowest BCUT2D eigenvalue weighted by atomic mass is 9.89. The van der Waals surface area contributed by atoms with Gasteiger partial charge in [-0.15, -0.1) is 0 Å². The van der Waals surface area contributed by atoms with Gasteiger partial charge >= 0.3 is 11.7 Å². The number of carboxylic acids is 1. The number of carboxylic acid groups (broad SMARTS) is 1. The summed E-state index contributed by atoms with van der Waals surface area (Å²) in [6.07, 6.45) is 3.82. The van der Waals surface area contributed by atoms with Crippen LogP contribution < -0.4 is 21.4 Å². The average Bonchev–Trinajstić information content (AvgIpc) is 3.13. The number of anilines is 3. The molecule has 1 aliphatic heterocycles. The Kier molecular flexibility index (Phi) is 10.5. The van der Waals surface area contributed by atoms with Crippen LogP contribution in [0.3, 0.4) is 0 Å². The first-order chi connectivity index (χ1) is 25.5. The van der Waals surface area contributed by atoms with Gasteiger partial charge in [-0.25, -0.2) is 18.6 Å². The molecular formula is C37H30F2N6O8. The third-order valence-corrected chi connectivity index (χ3v) is 8.30. The maximum atomic E-state index is 14.5. The normalized spacial score (nSPS) is 11.1. The summed E-state index contributed by atoms with van der Waals surface area (Å²) in [4.78, 5) is 56.7. The number of aromatic carboxylic acids is 1. The van der Waals surface area contributed by atoms with Gasteiger partial charge in [-0.3, -0.25) is 19.7 Å². The minimum absolute atomic E-state index is 0.000769. The zero-order chi connectivity index (χ0) is 37.6. The summed E-state index contributed by atoms with van der Waals surface area (Å²) in [5, 5.41) is 40.3. The van der Waals surface area contributed by atoms with E-state index in [9.17, 15) is 43.5 Å². The summed E-state index contributed by atoms with van der Waals surface area (Å²) in [6, 6.07) is 16.6. The van der Waals surface area contributed by atoms with E-state index in [1.807, 2.05) is 30.3 Å². The van der Waals surface area contributed by atoms with Gasteiger partial charge in [-0.05, 0) is 54.8 Å². The summed E-state index contributed by atoms with van der Waals surface area (Å²) in [6.45, 7) is 0.676. The lowest BCUT2D eigenvalue weighted by molar-refractivity contribution is -0.384. The monoisotopic (exact) mass is 724 g/mol. The topological polar surface area (TPSA) is 210 Å². The Morgan fingerprint density at radius 2 is 1.66 bits per heavy atom. The number of para-hydroxylation sites is 1. The molecule has 3 aromatic carbocycles. The lowest BCUT2D eigenvalue weighted by Gasteiger charge is -2.17. The molecule has 14 nitrogen and oxygen atoms in total. The molecule has 1 aromatic heterocycles. The van der Waals surface area contributed by atoms with Crippen molar-refractivity contribution < 1.29 is 37.9 Å². The van der Waals surface area contributed by atoms with Gasteiger partial charge < -0.3 is 30.6 Å². The number of hydrogen-bond donors (Lipinski definition) is 5. The van der Waals surface area contributed by atoms with Crippen molar-refractivity contribution in [3.8, 4) is 28.2 Å². The molecule has 4 aromatic rings. The number of phenols is 1. The van der Waals surface area contributed by atoms with Crippen LogP contribution in [-0.4, -0.2) is 50.1 Å². The standard InChI is InChI=1S/C37H30F2N6O8/c38-26-15-24-31(17-29(26)46)53-32-18-30(47)27(39)16-25(32)33(24)22-11-10-20(14-23(22)36(49)50)35(48)41-13-7-2-1-6-12-40-34-28(45(51)52)19-42-37(44-34)43-21-8-4-3-5-9-21/h3-5,8-11,14-19,46H,1-2,6-7,12-13H2,(H,41,48)(H,49,50)(H2,40,42,43,44). The number of carbonyl (C=O) groups is 2. The van der Waals surface area contributed by atoms with Crippen LogP contribution in [0.15, 0.2) is 88.2 Å². The SMILES string of the molecule is O=C(NCCCCCCNc1nc(Nc2ccccc2)ncc1[N+](=O)[O-])c1ccc(-c2c3cc(F)c(=O)cc-3oc3cc(O)c(F)cc23)c(C(=O)O)c1. The van der Waals surface area contributed by atoms with Gasteiger partial charge in [-0.1, -0.05) is 37.1 Å². The second-order valence-corrected chi connectivity index (χ2v) is 11.9. The molecule has 0 saturated carbocycles. The summed E-state index contributed by atoms with van der Waals surface area (Å²) in [5.74, 6) is -4.75. The van der Waals surface area contributed by atoms with Crippen LogP contribution in [0.2, 0.25) is 0 Å². The molecule has 2 aliphatic rings. The Balaban J connectivity index is 1.08. The molecule has 270 valence electrons. The van der Waals surface area contributed by atoms with E-state index in [4.69, 9.17) is 4.42 Å². The second-order valence-electron chi connectivity index (χ2n) is 11.9. The van der Waals surface area contributed by atoms with Crippen LogP contribution in [0.4, 0.5) is 31.9 Å². The van der Waals surface area contributed by atoms with E-state index in [0.717, 1.165) is 48.6 Å². The lowest BCUT2D eigenvalue weighted by Crippen LogP contribution is -2.24. The predicted octanol–water partition coefficient (Wildman–Crippen LogP) is 7.09. The van der Waals surface area contributed by atoms with Crippen LogP contribution in [0, 0.1) is 21.7 Å². The van der Waals surface area contributed by atoms with Gasteiger partial charge in [0.1, 0.15) is 17.5 Å². The number of unbranched alkanes of at least 4 members (excludes halogenated alkanes) is 3. The number of fused-ring (bicyclic) bond motifs is 2. The zero-order valence-electron chi connectivity index (χ0n) is 27.7. The van der Waals surface area contributed by atoms with Crippen molar-refractivity contribution in [1.82, 2.24) is 15.3 Å². The molecule has 0 saturated heterocycles. The fourth-order valence-electron chi connectivity index (χ4n) is 5.74. The summed E-state index contributed by atoms with van der Waals surface area (Å²) in [5.41, 5.74) is -0.943. The molecule has 0 spiro atoms. The second kappa shape index (κ2) is 15.5. The van der Waals surface area contributed by atoms with E-state index in [2.05, 4.69) is 25.9 Å². The van der Waals surface area contributed by atoms with E-state index in [-0.39, 0.29) is 68.5 Å². The van der Waals surface area contributed by atoms with Crippen molar-refractivity contribution in [2.24, 2.45) is 0 Å². The van der Waals surface area contributed by atoms with Crippen molar-refractivity contribution in [2.75, 3.05) is 23.7 Å². The number of carbonyl (C=O) groups excluding carboxylic acids is 1. The number of phenolic OH excluding ortho intramolecular Hbond substituents is 1. The Morgan fingerprint density at radius 3 is 2.40 bits per heavy atom. The fourth-order valence-corrected chi connectivity index (χ4v) is 5.74. The molecule has 0 fully saturated rings. The van der Waals surface area contributed by atoms with Crippen molar-refractivity contribution in [3.05, 3.63) is 122 Å². The number of hydrogen-bond acceptors (Lipinski definition) is 11. The highest BCUT2D eigenvalue weighted by atomic mass is 19.1. The molecule has 53 heavy (non-hydrogen) atoms. The molecule has 0 atom stereocenters. The van der Waals surface area contributed by atoms with E-state index >= 15 is 0 Å². The molecule has 0 radical (unpaired) electrons. The molecule has 2 heterocycles. The Morgan fingerprint density at radius 1 is 0.906 bits per heavy atom. The Bertz CT molecular complexity index is 2390. The quantitative estimate of drug-likeness (QED) is 0.0330. The molecule has 1 aliphatic carbocycles. The number of amides is 1. The first kappa shape index (κ1) is 35.8. The third kappa shape index (κ3) is 8.01. The molecular weight excluding hydrogens is 694 g/mol. The number of aromatic nitrogens is 2. The van der Waals surface area contributed by atoms with Crippen LogP contribution in [0.1, 0.15) is 46.4 Å². The van der Waals surface area contributed by atoms with Gasteiger partial charge in [-0.2, -0.15) is 4.98 Å². The van der Waals surface area contributed by atoms with Crippen LogP contribution in [0.5, 0.6) is 5.75 Å². The molecule has 16 heteroatoms. The number of nitrogens with one attached hydrogen (secondary N) is 3. The smallest absolute Gasteiger partial charge is 0.336 e. The largest absolute Gasteiger partial charge is 0.505 e. The van der Waals surface area contributed by atoms with Gasteiger partial charge in [0.15, 0.2) is 17.4 Å². The zero-order valence-corrected chi connectivity index (χ0v) is 27.7. The van der Waals surface area contributed by atoms with E-state index in [1.54, 1.807) is 0 Å². The van der Waals surface area contributed by atoms with Crippen LogP contribution in [0.25, 0.3) is 33.4 Å². The van der Waals surface area contributed by atoms with Gasteiger partial charge in [0.05, 0.1) is 10.5 Å². The highest BCUT2D eigenvalue weighted by molar-refractivity contribution is 6.09. The molecule has 6 rings (SSSR count). The highest BCUT2D eigenvalue weighted by Crippen LogP contribution is 2.43. The summed E-state index contributed by atoms with van der Waals surface area (Å²) in [7, 11) is 0. The van der Waals surface area contributed by atoms with E-state index < -0.39 is 39.6 Å². The highest BCUT2D eigenvalue weighted by Gasteiger charge is 2.25. The number of rotatable bonds is 14. The van der Waals surface area contributed by atoms with Gasteiger partial charge in [0.25, 0.3) is 5.91 Å². The van der Waals surface area contributed by atoms with Crippen LogP contribution >= 0.6 is 0 Å². The van der Waals surface area contributed by atoms with E-state index in [0.29, 0.717) is 25.8 Å². The summed E-state index contributed by atoms with van der Waals surface area (Å²) >= 11 is 0. The van der Waals surface area contributed by atoms with Crippen molar-refractivity contribution >= 4 is 46.0 Å². The first-order valence-electron chi connectivity index (χ1n) is 16.3. The maximum absolute atomic E-state index is 14.5. The molecule has 0 unspecified atom stereocenters. The first-order valence-corrected chi connectivity index (χ1v) is 16.3. The molecule has 5 N–H and O–H groups in total. The number of halogens is 2. The summed E-state index contributed by atoms with van der Waals surface area (Å²) < 4.78 is 34.6. The van der Waals surface area contributed by atoms with Crippen molar-refractivity contribution in [3.63, 3.8) is 0 Å². The molecule has 1 amide bonds. The van der Waals surface area contributed by atoms with Gasteiger partial charge in [0.2, 0.25) is 17.2 Å². The number of aromatic hydroxyl groups is 1. The Hall–Kier alpha value is -6.97. The minimum atomic E-state index is -1.43. The fraction of sp³-hybridized carbons (Fsp3) is 0.162. The van der Waals surface area contributed by atoms with Crippen molar-refractivity contribution in [2.45, 2.75) is 25.7 Å². The maximum Gasteiger partial charge on any atom is 0.336 e. The predicted molar refractivity (Wildman–Crippen MR) is 191 cm³/mol. The minimum Gasteiger partial charge on any atom is -0.505 e. The molecule has 0 bridgehead atoms. The van der Waals surface area contributed by atoms with Gasteiger partial charge in [0, 0.05) is 53.0 Å². The van der Waals surface area contributed by atoms with Crippen molar-refractivity contribution in [1.29, 1.82) is 0 Å². The number of benzene rings is 4. The Labute approximate surface area is 298 Å². The van der Waals surface area contributed by atoms with Crippen LogP contribution in [-0.2, 0) is 0 Å².